The number of hydrogen-bond donors (Lipinski definition) is 2. The van der Waals surface area contributed by atoms with Gasteiger partial charge in [-0.05, 0) is 38.1 Å². The molecule has 140 valence electrons. The normalized spacial score (nSPS) is 12.5. The third-order valence-electron chi connectivity index (χ3n) is 2.95. The lowest BCUT2D eigenvalue weighted by Crippen LogP contribution is -2.45. The fraction of sp³-hybridized carbons (Fsp3) is 0.571. The van der Waals surface area contributed by atoms with E-state index in [0.29, 0.717) is 5.75 Å². The fourth-order valence-electron chi connectivity index (χ4n) is 1.51. The summed E-state index contributed by atoms with van der Waals surface area (Å²) in [7, 11) is -6.72. The Kier molecular flexibility index (Phi) is 8.68. The lowest BCUT2D eigenvalue weighted by molar-refractivity contribution is 0.340. The van der Waals surface area contributed by atoms with Crippen molar-refractivity contribution in [1.82, 2.24) is 4.72 Å². The minimum Gasteiger partial charge on any atom is -0.493 e. The van der Waals surface area contributed by atoms with E-state index in [1.165, 1.54) is 24.3 Å². The highest BCUT2D eigenvalue weighted by atomic mass is 35.5. The smallest absolute Gasteiger partial charge is 0.240 e. The molecule has 0 heterocycles. The number of benzene rings is 1. The van der Waals surface area contributed by atoms with Gasteiger partial charge in [0, 0.05) is 17.8 Å². The molecule has 0 aliphatic heterocycles. The second-order valence-electron chi connectivity index (χ2n) is 5.87. The van der Waals surface area contributed by atoms with Gasteiger partial charge >= 0.3 is 0 Å². The van der Waals surface area contributed by atoms with Gasteiger partial charge in [0.2, 0.25) is 10.0 Å². The van der Waals surface area contributed by atoms with Gasteiger partial charge in [0.05, 0.1) is 10.6 Å². The van der Waals surface area contributed by atoms with Crippen LogP contribution in [0.25, 0.3) is 0 Å². The van der Waals surface area contributed by atoms with Crippen LogP contribution in [0.3, 0.4) is 0 Å². The largest absolute Gasteiger partial charge is 0.493 e. The monoisotopic (exact) mass is 400 g/mol. The van der Waals surface area contributed by atoms with Gasteiger partial charge in [-0.2, -0.15) is 0 Å². The summed E-state index contributed by atoms with van der Waals surface area (Å²) >= 11 is 0. The number of halogens is 1. The Hall–Kier alpha value is -0.870. The van der Waals surface area contributed by atoms with Crippen LogP contribution in [0.1, 0.15) is 20.8 Å². The second-order valence-corrected chi connectivity index (χ2v) is 10.1. The molecule has 0 saturated carbocycles. The minimum atomic E-state index is -3.64. The summed E-state index contributed by atoms with van der Waals surface area (Å²) in [6.07, 6.45) is 0. The van der Waals surface area contributed by atoms with Crippen molar-refractivity contribution in [1.29, 1.82) is 0 Å². The van der Waals surface area contributed by atoms with E-state index in [1.54, 1.807) is 20.8 Å². The summed E-state index contributed by atoms with van der Waals surface area (Å²) in [5.74, 6) is 0.405. The Morgan fingerprint density at radius 3 is 2.12 bits per heavy atom. The first-order valence-electron chi connectivity index (χ1n) is 7.17. The second kappa shape index (κ2) is 9.00. The van der Waals surface area contributed by atoms with Crippen LogP contribution < -0.4 is 15.2 Å². The number of hydrogen-bond acceptors (Lipinski definition) is 6. The van der Waals surface area contributed by atoms with E-state index in [-0.39, 0.29) is 42.0 Å². The summed E-state index contributed by atoms with van der Waals surface area (Å²) in [5.41, 5.74) is 5.10. The van der Waals surface area contributed by atoms with Gasteiger partial charge < -0.3 is 10.5 Å². The number of sulfone groups is 1. The van der Waals surface area contributed by atoms with Gasteiger partial charge in [0.15, 0.2) is 9.84 Å². The number of ether oxygens (including phenoxy) is 1. The summed E-state index contributed by atoms with van der Waals surface area (Å²) in [6, 6.07) is 5.77. The van der Waals surface area contributed by atoms with Crippen LogP contribution in [0.2, 0.25) is 0 Å². The summed E-state index contributed by atoms with van der Waals surface area (Å²) in [5, 5.41) is 0. The molecule has 1 aromatic rings. The number of nitrogens with two attached hydrogens (primary N) is 1. The molecule has 0 bridgehead atoms. The third kappa shape index (κ3) is 8.29. The van der Waals surface area contributed by atoms with Crippen LogP contribution in [0.15, 0.2) is 29.2 Å². The molecular formula is C14H25ClN2O5S2. The molecule has 0 fully saturated rings. The Labute approximate surface area is 150 Å². The average molecular weight is 401 g/mol. The van der Waals surface area contributed by atoms with Gasteiger partial charge in [-0.1, -0.05) is 6.92 Å². The van der Waals surface area contributed by atoms with E-state index in [9.17, 15) is 16.8 Å². The zero-order valence-corrected chi connectivity index (χ0v) is 16.4. The maximum absolute atomic E-state index is 12.1. The Morgan fingerprint density at radius 2 is 1.67 bits per heavy atom. The van der Waals surface area contributed by atoms with Gasteiger partial charge in [-0.15, -0.1) is 12.4 Å². The molecule has 1 rings (SSSR count). The molecule has 0 unspecified atom stereocenters. The predicted molar refractivity (Wildman–Crippen MR) is 97.0 cm³/mol. The summed E-state index contributed by atoms with van der Waals surface area (Å²) in [6.45, 7) is 5.16. The van der Waals surface area contributed by atoms with Crippen molar-refractivity contribution in [2.75, 3.05) is 24.7 Å². The maximum Gasteiger partial charge on any atom is 0.240 e. The van der Waals surface area contributed by atoms with Crippen LogP contribution in [0.5, 0.6) is 5.75 Å². The van der Waals surface area contributed by atoms with Crippen LogP contribution in [-0.2, 0) is 19.9 Å². The average Bonchev–Trinajstić information content (AvgIpc) is 2.45. The summed E-state index contributed by atoms with van der Waals surface area (Å²) < 4.78 is 54.6. The zero-order valence-electron chi connectivity index (χ0n) is 14.0. The molecule has 0 radical (unpaired) electrons. The molecule has 10 heteroatoms. The molecule has 7 nitrogen and oxygen atoms in total. The molecule has 1 aromatic carbocycles. The molecule has 0 aromatic heterocycles. The molecule has 0 amide bonds. The lowest BCUT2D eigenvalue weighted by atomic mass is 10.1. The Morgan fingerprint density at radius 1 is 1.12 bits per heavy atom. The van der Waals surface area contributed by atoms with Crippen LogP contribution in [0, 0.1) is 0 Å². The van der Waals surface area contributed by atoms with Gasteiger partial charge in [-0.25, -0.2) is 21.6 Å². The minimum absolute atomic E-state index is 0. The van der Waals surface area contributed by atoms with Gasteiger partial charge in [0.1, 0.15) is 12.4 Å². The third-order valence-corrected chi connectivity index (χ3v) is 6.04. The lowest BCUT2D eigenvalue weighted by Gasteiger charge is -2.19. The van der Waals surface area contributed by atoms with E-state index in [1.807, 2.05) is 0 Å². The predicted octanol–water partition coefficient (Wildman–Crippen LogP) is 0.938. The van der Waals surface area contributed by atoms with Crippen molar-refractivity contribution in [2.45, 2.75) is 31.2 Å². The molecular weight excluding hydrogens is 376 g/mol. The maximum atomic E-state index is 12.1. The number of nitrogens with one attached hydrogen (secondary N) is 1. The summed E-state index contributed by atoms with van der Waals surface area (Å²) in [4.78, 5) is 0.0929. The molecule has 24 heavy (non-hydrogen) atoms. The van der Waals surface area contributed by atoms with E-state index < -0.39 is 25.4 Å². The number of rotatable bonds is 9. The number of sulfonamides is 1. The van der Waals surface area contributed by atoms with E-state index in [2.05, 4.69) is 4.72 Å². The Bertz CT molecular complexity index is 711. The van der Waals surface area contributed by atoms with Crippen molar-refractivity contribution in [3.05, 3.63) is 24.3 Å². The fourth-order valence-corrected chi connectivity index (χ4v) is 3.36. The van der Waals surface area contributed by atoms with E-state index in [4.69, 9.17) is 10.5 Å². The standard InChI is InChI=1S/C14H24N2O5S2.ClH/c1-4-22(17,18)10-9-21-12-5-7-13(8-6-12)23(19,20)16-11-14(2,3)15;/h5-8,16H,4,9-11,15H2,1-3H3;1H. The first-order chi connectivity index (χ1) is 10.5. The van der Waals surface area contributed by atoms with Crippen LogP contribution in [-0.4, -0.2) is 47.0 Å². The van der Waals surface area contributed by atoms with E-state index >= 15 is 0 Å². The highest BCUT2D eigenvalue weighted by Gasteiger charge is 2.18. The molecule has 0 saturated heterocycles. The van der Waals surface area contributed by atoms with Crippen LogP contribution in [0.4, 0.5) is 0 Å². The van der Waals surface area contributed by atoms with Gasteiger partial charge in [-0.3, -0.25) is 0 Å². The van der Waals surface area contributed by atoms with Crippen molar-refractivity contribution in [3.63, 3.8) is 0 Å². The highest BCUT2D eigenvalue weighted by Crippen LogP contribution is 2.16. The molecule has 0 atom stereocenters. The van der Waals surface area contributed by atoms with Crippen molar-refractivity contribution in [2.24, 2.45) is 5.73 Å². The molecule has 3 N–H and O–H groups in total. The first kappa shape index (κ1) is 23.1. The molecule has 0 aliphatic rings. The van der Waals surface area contributed by atoms with E-state index in [0.717, 1.165) is 0 Å². The van der Waals surface area contributed by atoms with Crippen molar-refractivity contribution < 1.29 is 21.6 Å². The van der Waals surface area contributed by atoms with Crippen molar-refractivity contribution >= 4 is 32.3 Å². The van der Waals surface area contributed by atoms with Gasteiger partial charge in [0.25, 0.3) is 0 Å². The van der Waals surface area contributed by atoms with Crippen molar-refractivity contribution in [3.8, 4) is 5.75 Å². The molecule has 0 spiro atoms. The first-order valence-corrected chi connectivity index (χ1v) is 10.5. The highest BCUT2D eigenvalue weighted by molar-refractivity contribution is 7.91. The zero-order chi connectivity index (χ0) is 17.7. The topological polar surface area (TPSA) is 116 Å². The quantitative estimate of drug-likeness (QED) is 0.637. The Balaban J connectivity index is 0.00000529. The SMILES string of the molecule is CCS(=O)(=O)CCOc1ccc(S(=O)(=O)NCC(C)(C)N)cc1.Cl. The van der Waals surface area contributed by atoms with Crippen LogP contribution >= 0.6 is 12.4 Å². The molecule has 0 aliphatic carbocycles.